The Morgan fingerprint density at radius 3 is 2.82 bits per heavy atom. The molecule has 1 saturated heterocycles. The summed E-state index contributed by atoms with van der Waals surface area (Å²) in [4.78, 5) is 23.6. The van der Waals surface area contributed by atoms with Crippen molar-refractivity contribution < 1.29 is 4.79 Å². The minimum absolute atomic E-state index is 0.193. The third-order valence-corrected chi connectivity index (χ3v) is 4.87. The molecule has 0 unspecified atom stereocenters. The molecule has 0 saturated carbocycles. The highest BCUT2D eigenvalue weighted by atomic mass is 16.1. The van der Waals surface area contributed by atoms with Gasteiger partial charge in [0, 0.05) is 25.7 Å². The van der Waals surface area contributed by atoms with Crippen LogP contribution >= 0.6 is 0 Å². The molecule has 7 nitrogen and oxygen atoms in total. The number of nitrogens with one attached hydrogen (secondary N) is 2. The normalized spacial score (nSPS) is 17.5. The van der Waals surface area contributed by atoms with Crippen molar-refractivity contribution in [1.29, 1.82) is 0 Å². The Labute approximate surface area is 166 Å². The topological polar surface area (TPSA) is 96.2 Å². The van der Waals surface area contributed by atoms with Crippen LogP contribution in [0.4, 0.5) is 11.6 Å². The molecular weight excluding hydrogens is 352 g/mol. The van der Waals surface area contributed by atoms with E-state index >= 15 is 0 Å². The lowest BCUT2D eigenvalue weighted by molar-refractivity contribution is 0.0952. The summed E-state index contributed by atoms with van der Waals surface area (Å²) in [5.41, 5.74) is 7.37. The van der Waals surface area contributed by atoms with E-state index < -0.39 is 0 Å². The van der Waals surface area contributed by atoms with Gasteiger partial charge < -0.3 is 21.3 Å². The second kappa shape index (κ2) is 9.50. The van der Waals surface area contributed by atoms with Gasteiger partial charge >= 0.3 is 0 Å². The van der Waals surface area contributed by atoms with Gasteiger partial charge in [0.2, 0.25) is 0 Å². The largest absolute Gasteiger partial charge is 0.383 e. The van der Waals surface area contributed by atoms with Crippen molar-refractivity contribution in [3.05, 3.63) is 47.8 Å². The van der Waals surface area contributed by atoms with Gasteiger partial charge in [-0.15, -0.1) is 0 Å². The molecule has 150 valence electrons. The lowest BCUT2D eigenvalue weighted by atomic mass is 10.0. The van der Waals surface area contributed by atoms with Gasteiger partial charge in [-0.05, 0) is 30.9 Å². The van der Waals surface area contributed by atoms with Gasteiger partial charge in [0.25, 0.3) is 5.91 Å². The van der Waals surface area contributed by atoms with E-state index in [1.807, 2.05) is 30.3 Å². The molecule has 0 radical (unpaired) electrons. The molecule has 2 heterocycles. The number of anilines is 2. The zero-order valence-electron chi connectivity index (χ0n) is 16.7. The fourth-order valence-electron chi connectivity index (χ4n) is 3.65. The number of aromatic nitrogens is 2. The molecule has 0 bridgehead atoms. The molecule has 1 aliphatic rings. The fourth-order valence-corrected chi connectivity index (χ4v) is 3.65. The van der Waals surface area contributed by atoms with Crippen LogP contribution in [-0.2, 0) is 6.54 Å². The smallest absolute Gasteiger partial charge is 0.259 e. The van der Waals surface area contributed by atoms with Gasteiger partial charge in [-0.1, -0.05) is 44.2 Å². The third-order valence-electron chi connectivity index (χ3n) is 4.87. The second-order valence-corrected chi connectivity index (χ2v) is 7.79. The molecule has 0 spiro atoms. The Kier molecular flexibility index (Phi) is 6.81. The molecule has 28 heavy (non-hydrogen) atoms. The third kappa shape index (κ3) is 5.42. The number of carbonyl (C=O) groups is 1. The van der Waals surface area contributed by atoms with Crippen molar-refractivity contribution in [2.75, 3.05) is 30.7 Å². The second-order valence-electron chi connectivity index (χ2n) is 7.79. The Balaban J connectivity index is 1.68. The molecule has 1 aliphatic heterocycles. The number of piperidine rings is 1. The average Bonchev–Trinajstić information content (AvgIpc) is 2.67. The lowest BCUT2D eigenvalue weighted by Crippen LogP contribution is -2.44. The summed E-state index contributed by atoms with van der Waals surface area (Å²) in [7, 11) is 0. The first kappa shape index (κ1) is 20.1. The Morgan fingerprint density at radius 2 is 2.07 bits per heavy atom. The van der Waals surface area contributed by atoms with E-state index in [9.17, 15) is 4.79 Å². The Hall–Kier alpha value is -2.67. The van der Waals surface area contributed by atoms with Gasteiger partial charge in [-0.2, -0.15) is 0 Å². The maximum absolute atomic E-state index is 12.8. The van der Waals surface area contributed by atoms with Crippen molar-refractivity contribution in [2.45, 2.75) is 39.3 Å². The van der Waals surface area contributed by atoms with Gasteiger partial charge in [0.15, 0.2) is 0 Å². The molecule has 0 aliphatic carbocycles. The molecule has 2 aromatic rings. The van der Waals surface area contributed by atoms with Crippen LogP contribution in [0.2, 0.25) is 0 Å². The van der Waals surface area contributed by atoms with Gasteiger partial charge in [0.1, 0.15) is 23.5 Å². The number of nitrogens with two attached hydrogens (primary N) is 1. The van der Waals surface area contributed by atoms with E-state index in [-0.39, 0.29) is 17.8 Å². The van der Waals surface area contributed by atoms with Gasteiger partial charge in [-0.3, -0.25) is 4.79 Å². The molecular formula is C21H30N6O. The van der Waals surface area contributed by atoms with Crippen molar-refractivity contribution in [2.24, 2.45) is 5.92 Å². The summed E-state index contributed by atoms with van der Waals surface area (Å²) >= 11 is 0. The highest BCUT2D eigenvalue weighted by molar-refractivity contribution is 6.02. The summed E-state index contributed by atoms with van der Waals surface area (Å²) < 4.78 is 0. The maximum Gasteiger partial charge on any atom is 0.259 e. The lowest BCUT2D eigenvalue weighted by Gasteiger charge is -2.34. The van der Waals surface area contributed by atoms with Crippen LogP contribution in [0.5, 0.6) is 0 Å². The molecule has 1 atom stereocenters. The number of amides is 1. The summed E-state index contributed by atoms with van der Waals surface area (Å²) in [5, 5.41) is 6.36. The van der Waals surface area contributed by atoms with Crippen molar-refractivity contribution >= 4 is 17.5 Å². The summed E-state index contributed by atoms with van der Waals surface area (Å²) in [6, 6.07) is 10.0. The maximum atomic E-state index is 12.8. The molecule has 1 fully saturated rings. The van der Waals surface area contributed by atoms with Crippen LogP contribution in [0.25, 0.3) is 0 Å². The summed E-state index contributed by atoms with van der Waals surface area (Å²) in [6.07, 6.45) is 3.57. The van der Waals surface area contributed by atoms with Crippen LogP contribution in [0.3, 0.4) is 0 Å². The SMILES string of the molecule is CC(C)CN1CCC[C@@H](Nc2ncnc(N)c2C(=O)NCc2ccccc2)C1. The van der Waals surface area contributed by atoms with E-state index in [1.54, 1.807) is 0 Å². The van der Waals surface area contributed by atoms with Crippen LogP contribution in [0, 0.1) is 5.92 Å². The minimum atomic E-state index is -0.265. The number of hydrogen-bond donors (Lipinski definition) is 3. The first-order valence-corrected chi connectivity index (χ1v) is 9.94. The van der Waals surface area contributed by atoms with Crippen molar-refractivity contribution in [1.82, 2.24) is 20.2 Å². The zero-order chi connectivity index (χ0) is 19.9. The van der Waals surface area contributed by atoms with Crippen LogP contribution in [0.1, 0.15) is 42.6 Å². The van der Waals surface area contributed by atoms with Gasteiger partial charge in [-0.25, -0.2) is 9.97 Å². The predicted octanol–water partition coefficient (Wildman–Crippen LogP) is 2.52. The number of rotatable bonds is 7. The van der Waals surface area contributed by atoms with Crippen LogP contribution in [-0.4, -0.2) is 46.5 Å². The molecule has 1 aromatic carbocycles. The van der Waals surface area contributed by atoms with Gasteiger partial charge in [0.05, 0.1) is 0 Å². The summed E-state index contributed by atoms with van der Waals surface area (Å²) in [6.45, 7) is 8.03. The highest BCUT2D eigenvalue weighted by Gasteiger charge is 2.24. The molecule has 4 N–H and O–H groups in total. The standard InChI is InChI=1S/C21H30N6O/c1-15(2)12-27-10-6-9-17(13-27)26-20-18(19(22)24-14-25-20)21(28)23-11-16-7-4-3-5-8-16/h3-5,7-8,14-15,17H,6,9-13H2,1-2H3,(H,23,28)(H3,22,24,25,26)/t17-/m1/s1. The predicted molar refractivity (Wildman–Crippen MR) is 112 cm³/mol. The number of hydrogen-bond acceptors (Lipinski definition) is 6. The Morgan fingerprint density at radius 1 is 1.29 bits per heavy atom. The Bertz CT molecular complexity index is 780. The molecule has 1 amide bonds. The number of carbonyl (C=O) groups excluding carboxylic acids is 1. The zero-order valence-corrected chi connectivity index (χ0v) is 16.7. The average molecular weight is 383 g/mol. The van der Waals surface area contributed by atoms with E-state index in [2.05, 4.69) is 39.3 Å². The van der Waals surface area contributed by atoms with Crippen LogP contribution in [0.15, 0.2) is 36.7 Å². The quantitative estimate of drug-likeness (QED) is 0.681. The number of nitrogens with zero attached hydrogens (tertiary/aromatic N) is 3. The monoisotopic (exact) mass is 382 g/mol. The van der Waals surface area contributed by atoms with E-state index in [1.165, 1.54) is 6.33 Å². The van der Waals surface area contributed by atoms with Crippen LogP contribution < -0.4 is 16.4 Å². The first-order chi connectivity index (χ1) is 13.5. The van der Waals surface area contributed by atoms with Crippen molar-refractivity contribution in [3.63, 3.8) is 0 Å². The number of nitrogen functional groups attached to an aromatic ring is 1. The number of likely N-dealkylation sites (tertiary alicyclic amines) is 1. The van der Waals surface area contributed by atoms with E-state index in [4.69, 9.17) is 5.73 Å². The van der Waals surface area contributed by atoms with E-state index in [0.29, 0.717) is 23.8 Å². The van der Waals surface area contributed by atoms with E-state index in [0.717, 1.165) is 38.0 Å². The fraction of sp³-hybridized carbons (Fsp3) is 0.476. The summed E-state index contributed by atoms with van der Waals surface area (Å²) in [5.74, 6) is 1.07. The molecule has 7 heteroatoms. The minimum Gasteiger partial charge on any atom is -0.383 e. The van der Waals surface area contributed by atoms with Crippen molar-refractivity contribution in [3.8, 4) is 0 Å². The number of benzene rings is 1. The highest BCUT2D eigenvalue weighted by Crippen LogP contribution is 2.21. The molecule has 1 aromatic heterocycles. The molecule has 3 rings (SSSR count). The first-order valence-electron chi connectivity index (χ1n) is 9.94.